The molecule has 1 saturated heterocycles. The van der Waals surface area contributed by atoms with E-state index in [4.69, 9.17) is 11.3 Å². The molecular weight excluding hydrogens is 276 g/mol. The molecule has 1 aliphatic rings. The minimum atomic E-state index is -3.47. The maximum atomic E-state index is 12.4. The molecule has 5 nitrogen and oxygen atoms in total. The fourth-order valence-corrected chi connectivity index (χ4v) is 3.51. The van der Waals surface area contributed by atoms with Crippen molar-refractivity contribution in [3.8, 4) is 0 Å². The largest absolute Gasteiger partial charge is 0.381 e. The molecule has 108 valence electrons. The molecule has 6 heteroatoms. The van der Waals surface area contributed by atoms with Crippen LogP contribution in [0, 0.1) is 12.5 Å². The van der Waals surface area contributed by atoms with Crippen LogP contribution in [-0.2, 0) is 14.8 Å². The number of hydrogen-bond acceptors (Lipinski definition) is 3. The van der Waals surface area contributed by atoms with Crippen molar-refractivity contribution in [3.05, 3.63) is 35.7 Å². The second-order valence-electron chi connectivity index (χ2n) is 4.95. The SMILES string of the molecule is [C-]#[N+]c1ccc(S(=O)(=O)N(C)CC2CCOCC2)cc1. The van der Waals surface area contributed by atoms with E-state index in [2.05, 4.69) is 4.85 Å². The second kappa shape index (κ2) is 6.35. The van der Waals surface area contributed by atoms with E-state index < -0.39 is 10.0 Å². The zero-order valence-corrected chi connectivity index (χ0v) is 12.3. The summed E-state index contributed by atoms with van der Waals surface area (Å²) in [6.07, 6.45) is 1.80. The molecule has 0 atom stereocenters. The van der Waals surface area contributed by atoms with Crippen molar-refractivity contribution < 1.29 is 13.2 Å². The second-order valence-corrected chi connectivity index (χ2v) is 6.99. The first-order chi connectivity index (χ1) is 9.54. The molecule has 0 unspecified atom stereocenters. The first-order valence-electron chi connectivity index (χ1n) is 6.55. The molecule has 1 fully saturated rings. The standard InChI is InChI=1S/C14H18N2O3S/c1-15-13-3-5-14(6-4-13)20(17,18)16(2)11-12-7-9-19-10-8-12/h3-6,12H,7-11H2,2H3. The molecule has 20 heavy (non-hydrogen) atoms. The van der Waals surface area contributed by atoms with Gasteiger partial charge in [0.05, 0.1) is 11.5 Å². The molecule has 1 aromatic carbocycles. The van der Waals surface area contributed by atoms with Crippen LogP contribution in [0.5, 0.6) is 0 Å². The highest BCUT2D eigenvalue weighted by Gasteiger charge is 2.24. The molecule has 0 aromatic heterocycles. The molecular formula is C14H18N2O3S. The Bertz CT molecular complexity index is 584. The average molecular weight is 294 g/mol. The minimum Gasteiger partial charge on any atom is -0.381 e. The zero-order chi connectivity index (χ0) is 14.6. The summed E-state index contributed by atoms with van der Waals surface area (Å²) in [6.45, 7) is 8.80. The highest BCUT2D eigenvalue weighted by Crippen LogP contribution is 2.22. The number of benzene rings is 1. The maximum absolute atomic E-state index is 12.4. The van der Waals surface area contributed by atoms with Crippen LogP contribution < -0.4 is 0 Å². The van der Waals surface area contributed by atoms with Gasteiger partial charge in [0.2, 0.25) is 10.0 Å². The highest BCUT2D eigenvalue weighted by molar-refractivity contribution is 7.89. The fourth-order valence-electron chi connectivity index (χ4n) is 2.26. The fraction of sp³-hybridized carbons (Fsp3) is 0.500. The lowest BCUT2D eigenvalue weighted by Gasteiger charge is -2.26. The summed E-state index contributed by atoms with van der Waals surface area (Å²) in [6, 6.07) is 6.04. The van der Waals surface area contributed by atoms with Gasteiger partial charge < -0.3 is 4.74 Å². The van der Waals surface area contributed by atoms with Crippen molar-refractivity contribution in [3.63, 3.8) is 0 Å². The summed E-state index contributed by atoms with van der Waals surface area (Å²) >= 11 is 0. The van der Waals surface area contributed by atoms with Crippen molar-refractivity contribution >= 4 is 15.7 Å². The van der Waals surface area contributed by atoms with Crippen molar-refractivity contribution in [1.29, 1.82) is 0 Å². The van der Waals surface area contributed by atoms with Gasteiger partial charge in [-0.05, 0) is 18.8 Å². The Kier molecular flexibility index (Phi) is 4.76. The van der Waals surface area contributed by atoms with Gasteiger partial charge in [0.15, 0.2) is 5.69 Å². The molecule has 1 aliphatic heterocycles. The van der Waals surface area contributed by atoms with Crippen LogP contribution >= 0.6 is 0 Å². The number of nitrogens with zero attached hydrogens (tertiary/aromatic N) is 2. The van der Waals surface area contributed by atoms with E-state index >= 15 is 0 Å². The Morgan fingerprint density at radius 3 is 2.45 bits per heavy atom. The van der Waals surface area contributed by atoms with E-state index in [0.717, 1.165) is 12.8 Å². The summed E-state index contributed by atoms with van der Waals surface area (Å²) in [5.41, 5.74) is 0.441. The molecule has 1 aromatic rings. The summed E-state index contributed by atoms with van der Waals surface area (Å²) in [5.74, 6) is 0.353. The first-order valence-corrected chi connectivity index (χ1v) is 7.99. The van der Waals surface area contributed by atoms with E-state index in [1.165, 1.54) is 28.6 Å². The van der Waals surface area contributed by atoms with Gasteiger partial charge in [0.25, 0.3) is 0 Å². The van der Waals surface area contributed by atoms with Gasteiger partial charge in [-0.3, -0.25) is 0 Å². The van der Waals surface area contributed by atoms with Crippen molar-refractivity contribution in [2.45, 2.75) is 17.7 Å². The van der Waals surface area contributed by atoms with E-state index in [-0.39, 0.29) is 4.90 Å². The van der Waals surface area contributed by atoms with Crippen LogP contribution in [0.3, 0.4) is 0 Å². The minimum absolute atomic E-state index is 0.236. The third kappa shape index (κ3) is 3.37. The number of hydrogen-bond donors (Lipinski definition) is 0. The maximum Gasteiger partial charge on any atom is 0.242 e. The molecule has 0 bridgehead atoms. The predicted octanol–water partition coefficient (Wildman–Crippen LogP) is 2.28. The van der Waals surface area contributed by atoms with Crippen molar-refractivity contribution in [1.82, 2.24) is 4.31 Å². The molecule has 0 saturated carbocycles. The van der Waals surface area contributed by atoms with Crippen LogP contribution in [0.25, 0.3) is 4.85 Å². The van der Waals surface area contributed by atoms with Crippen LogP contribution in [-0.4, -0.2) is 39.5 Å². The van der Waals surface area contributed by atoms with Crippen molar-refractivity contribution in [2.75, 3.05) is 26.8 Å². The summed E-state index contributed by atoms with van der Waals surface area (Å²) in [5, 5.41) is 0. The summed E-state index contributed by atoms with van der Waals surface area (Å²) in [7, 11) is -1.87. The number of rotatable bonds is 4. The summed E-state index contributed by atoms with van der Waals surface area (Å²) in [4.78, 5) is 3.50. The lowest BCUT2D eigenvalue weighted by molar-refractivity contribution is 0.0620. The highest BCUT2D eigenvalue weighted by atomic mass is 32.2. The van der Waals surface area contributed by atoms with Gasteiger partial charge in [-0.15, -0.1) is 0 Å². The van der Waals surface area contributed by atoms with E-state index in [9.17, 15) is 8.42 Å². The topological polar surface area (TPSA) is 51.0 Å². The molecule has 0 aliphatic carbocycles. The van der Waals surface area contributed by atoms with Crippen LogP contribution in [0.15, 0.2) is 29.2 Å². The molecule has 2 rings (SSSR count). The molecule has 1 heterocycles. The Labute approximate surface area is 120 Å². The van der Waals surface area contributed by atoms with E-state index in [0.29, 0.717) is 31.4 Å². The predicted molar refractivity (Wildman–Crippen MR) is 76.1 cm³/mol. The quantitative estimate of drug-likeness (QED) is 0.801. The average Bonchev–Trinajstić information content (AvgIpc) is 2.48. The Hall–Kier alpha value is -1.42. The van der Waals surface area contributed by atoms with Crippen molar-refractivity contribution in [2.24, 2.45) is 5.92 Å². The Morgan fingerprint density at radius 1 is 1.30 bits per heavy atom. The van der Waals surface area contributed by atoms with Gasteiger partial charge in [0, 0.05) is 26.8 Å². The zero-order valence-electron chi connectivity index (χ0n) is 11.4. The monoisotopic (exact) mass is 294 g/mol. The molecule has 0 amide bonds. The lowest BCUT2D eigenvalue weighted by Crippen LogP contribution is -2.34. The normalized spacial score (nSPS) is 17.1. The summed E-state index contributed by atoms with van der Waals surface area (Å²) < 4.78 is 31.5. The lowest BCUT2D eigenvalue weighted by atomic mass is 10.0. The third-order valence-electron chi connectivity index (χ3n) is 3.53. The van der Waals surface area contributed by atoms with Gasteiger partial charge in [-0.2, -0.15) is 0 Å². The Balaban J connectivity index is 2.09. The smallest absolute Gasteiger partial charge is 0.242 e. The van der Waals surface area contributed by atoms with Gasteiger partial charge in [0.1, 0.15) is 0 Å². The van der Waals surface area contributed by atoms with E-state index in [1.807, 2.05) is 0 Å². The Morgan fingerprint density at radius 2 is 1.90 bits per heavy atom. The first kappa shape index (κ1) is 15.0. The van der Waals surface area contributed by atoms with Gasteiger partial charge in [-0.1, -0.05) is 24.3 Å². The molecule has 0 radical (unpaired) electrons. The van der Waals surface area contributed by atoms with E-state index in [1.54, 1.807) is 7.05 Å². The number of sulfonamides is 1. The van der Waals surface area contributed by atoms with Crippen LogP contribution in [0.2, 0.25) is 0 Å². The van der Waals surface area contributed by atoms with Crippen LogP contribution in [0.4, 0.5) is 5.69 Å². The van der Waals surface area contributed by atoms with Gasteiger partial charge >= 0.3 is 0 Å². The third-order valence-corrected chi connectivity index (χ3v) is 5.37. The van der Waals surface area contributed by atoms with Crippen LogP contribution in [0.1, 0.15) is 12.8 Å². The molecule has 0 spiro atoms. The molecule has 0 N–H and O–H groups in total. The number of ether oxygens (including phenoxy) is 1. The van der Waals surface area contributed by atoms with Gasteiger partial charge in [-0.25, -0.2) is 17.6 Å².